The van der Waals surface area contributed by atoms with Crippen LogP contribution in [-0.2, 0) is 0 Å². The Bertz CT molecular complexity index is 299. The highest BCUT2D eigenvalue weighted by Gasteiger charge is 2.06. The maximum atomic E-state index is 13.1. The summed E-state index contributed by atoms with van der Waals surface area (Å²) < 4.78 is 25.9. The SMILES string of the molecule is CCC[C@H](C)Nc1cc(F)ccc1F. The van der Waals surface area contributed by atoms with E-state index in [1.165, 1.54) is 6.07 Å². The summed E-state index contributed by atoms with van der Waals surface area (Å²) in [5, 5.41) is 2.94. The van der Waals surface area contributed by atoms with Gasteiger partial charge in [0, 0.05) is 6.04 Å². The molecule has 0 spiro atoms. The second-order valence-electron chi connectivity index (χ2n) is 3.46. The second kappa shape index (κ2) is 4.94. The van der Waals surface area contributed by atoms with Crippen LogP contribution in [0.2, 0.25) is 0 Å². The van der Waals surface area contributed by atoms with Crippen LogP contribution < -0.4 is 5.32 Å². The van der Waals surface area contributed by atoms with E-state index in [0.717, 1.165) is 25.0 Å². The molecule has 0 aliphatic rings. The summed E-state index contributed by atoms with van der Waals surface area (Å²) >= 11 is 0. The first kappa shape index (κ1) is 11.0. The zero-order chi connectivity index (χ0) is 10.6. The fourth-order valence-electron chi connectivity index (χ4n) is 1.38. The molecule has 0 amide bonds. The highest BCUT2D eigenvalue weighted by molar-refractivity contribution is 5.45. The lowest BCUT2D eigenvalue weighted by molar-refractivity contribution is 0.596. The first-order chi connectivity index (χ1) is 6.63. The summed E-state index contributed by atoms with van der Waals surface area (Å²) in [7, 11) is 0. The summed E-state index contributed by atoms with van der Waals surface area (Å²) in [6.45, 7) is 4.01. The number of nitrogens with one attached hydrogen (secondary N) is 1. The van der Waals surface area contributed by atoms with Gasteiger partial charge in [-0.15, -0.1) is 0 Å². The zero-order valence-corrected chi connectivity index (χ0v) is 8.48. The molecule has 1 rings (SSSR count). The molecule has 14 heavy (non-hydrogen) atoms. The largest absolute Gasteiger partial charge is 0.380 e. The molecule has 1 aromatic rings. The quantitative estimate of drug-likeness (QED) is 0.781. The lowest BCUT2D eigenvalue weighted by Crippen LogP contribution is -2.15. The van der Waals surface area contributed by atoms with Gasteiger partial charge in [-0.05, 0) is 31.5 Å². The summed E-state index contributed by atoms with van der Waals surface area (Å²) in [6.07, 6.45) is 1.96. The van der Waals surface area contributed by atoms with Crippen molar-refractivity contribution in [3.8, 4) is 0 Å². The van der Waals surface area contributed by atoms with Crippen molar-refractivity contribution < 1.29 is 8.78 Å². The van der Waals surface area contributed by atoms with Crippen molar-refractivity contribution in [2.75, 3.05) is 5.32 Å². The predicted molar refractivity (Wildman–Crippen MR) is 54.4 cm³/mol. The molecule has 0 aliphatic heterocycles. The van der Waals surface area contributed by atoms with E-state index >= 15 is 0 Å². The fourth-order valence-corrected chi connectivity index (χ4v) is 1.38. The highest BCUT2D eigenvalue weighted by Crippen LogP contribution is 2.17. The molecule has 0 aromatic heterocycles. The van der Waals surface area contributed by atoms with Crippen molar-refractivity contribution in [3.63, 3.8) is 0 Å². The van der Waals surface area contributed by atoms with Gasteiger partial charge in [-0.25, -0.2) is 8.78 Å². The molecule has 3 heteroatoms. The molecule has 0 bridgehead atoms. The van der Waals surface area contributed by atoms with Crippen LogP contribution in [0.25, 0.3) is 0 Å². The Kier molecular flexibility index (Phi) is 3.86. The molecule has 0 unspecified atom stereocenters. The Morgan fingerprint density at radius 1 is 1.36 bits per heavy atom. The summed E-state index contributed by atoms with van der Waals surface area (Å²) in [5.41, 5.74) is 0.242. The van der Waals surface area contributed by atoms with Gasteiger partial charge in [0.2, 0.25) is 0 Å². The summed E-state index contributed by atoms with van der Waals surface area (Å²) in [6, 6.07) is 3.60. The van der Waals surface area contributed by atoms with E-state index in [0.29, 0.717) is 0 Å². The maximum Gasteiger partial charge on any atom is 0.146 e. The molecular formula is C11H15F2N. The third kappa shape index (κ3) is 2.98. The third-order valence-electron chi connectivity index (χ3n) is 2.05. The average Bonchev–Trinajstić information content (AvgIpc) is 2.12. The number of halogens is 2. The molecular weight excluding hydrogens is 184 g/mol. The normalized spacial score (nSPS) is 12.6. The van der Waals surface area contributed by atoms with Gasteiger partial charge in [0.05, 0.1) is 5.69 Å². The van der Waals surface area contributed by atoms with E-state index in [4.69, 9.17) is 0 Å². The minimum absolute atomic E-state index is 0.163. The van der Waals surface area contributed by atoms with Gasteiger partial charge in [0.15, 0.2) is 0 Å². The van der Waals surface area contributed by atoms with Crippen LogP contribution in [0.5, 0.6) is 0 Å². The topological polar surface area (TPSA) is 12.0 Å². The molecule has 0 aliphatic carbocycles. The molecule has 1 aromatic carbocycles. The second-order valence-corrected chi connectivity index (χ2v) is 3.46. The lowest BCUT2D eigenvalue weighted by atomic mass is 10.2. The number of rotatable bonds is 4. The third-order valence-corrected chi connectivity index (χ3v) is 2.05. The Morgan fingerprint density at radius 2 is 2.07 bits per heavy atom. The molecule has 0 saturated carbocycles. The molecule has 1 atom stereocenters. The smallest absolute Gasteiger partial charge is 0.146 e. The standard InChI is InChI=1S/C11H15F2N/c1-3-4-8(2)14-11-7-9(12)5-6-10(11)13/h5-8,14H,3-4H2,1-2H3/t8-/m0/s1. The van der Waals surface area contributed by atoms with E-state index in [2.05, 4.69) is 12.2 Å². The van der Waals surface area contributed by atoms with Crippen LogP contribution in [0.15, 0.2) is 18.2 Å². The van der Waals surface area contributed by atoms with Gasteiger partial charge in [0.1, 0.15) is 11.6 Å². The van der Waals surface area contributed by atoms with Crippen molar-refractivity contribution >= 4 is 5.69 Å². The van der Waals surface area contributed by atoms with Crippen LogP contribution in [-0.4, -0.2) is 6.04 Å². The van der Waals surface area contributed by atoms with Gasteiger partial charge >= 0.3 is 0 Å². The van der Waals surface area contributed by atoms with Crippen molar-refractivity contribution in [2.24, 2.45) is 0 Å². The van der Waals surface area contributed by atoms with Crippen molar-refractivity contribution in [3.05, 3.63) is 29.8 Å². The summed E-state index contributed by atoms with van der Waals surface area (Å²) in [4.78, 5) is 0. The van der Waals surface area contributed by atoms with E-state index in [-0.39, 0.29) is 11.7 Å². The summed E-state index contributed by atoms with van der Waals surface area (Å²) in [5.74, 6) is -0.827. The van der Waals surface area contributed by atoms with Crippen molar-refractivity contribution in [2.45, 2.75) is 32.7 Å². The Labute approximate surface area is 83.1 Å². The van der Waals surface area contributed by atoms with E-state index < -0.39 is 11.6 Å². The first-order valence-corrected chi connectivity index (χ1v) is 4.85. The van der Waals surface area contributed by atoms with Crippen LogP contribution in [0.4, 0.5) is 14.5 Å². The van der Waals surface area contributed by atoms with E-state index in [9.17, 15) is 8.78 Å². The Morgan fingerprint density at radius 3 is 2.71 bits per heavy atom. The van der Waals surface area contributed by atoms with Crippen LogP contribution in [0.3, 0.4) is 0 Å². The predicted octanol–water partition coefficient (Wildman–Crippen LogP) is 3.57. The number of benzene rings is 1. The van der Waals surface area contributed by atoms with Crippen LogP contribution >= 0.6 is 0 Å². The average molecular weight is 199 g/mol. The zero-order valence-electron chi connectivity index (χ0n) is 8.48. The van der Waals surface area contributed by atoms with Crippen LogP contribution in [0, 0.1) is 11.6 Å². The maximum absolute atomic E-state index is 13.1. The molecule has 78 valence electrons. The van der Waals surface area contributed by atoms with Gasteiger partial charge in [0.25, 0.3) is 0 Å². The Hall–Kier alpha value is -1.12. The molecule has 0 radical (unpaired) electrons. The molecule has 0 saturated heterocycles. The molecule has 0 heterocycles. The monoisotopic (exact) mass is 199 g/mol. The minimum atomic E-state index is -0.419. The highest BCUT2D eigenvalue weighted by atomic mass is 19.1. The number of hydrogen-bond donors (Lipinski definition) is 1. The molecule has 0 fully saturated rings. The molecule has 1 nitrogen and oxygen atoms in total. The Balaban J connectivity index is 2.70. The number of anilines is 1. The first-order valence-electron chi connectivity index (χ1n) is 4.85. The van der Waals surface area contributed by atoms with Crippen molar-refractivity contribution in [1.82, 2.24) is 0 Å². The fraction of sp³-hybridized carbons (Fsp3) is 0.455. The van der Waals surface area contributed by atoms with Gasteiger partial charge in [-0.3, -0.25) is 0 Å². The van der Waals surface area contributed by atoms with Crippen LogP contribution in [0.1, 0.15) is 26.7 Å². The number of hydrogen-bond acceptors (Lipinski definition) is 1. The van der Waals surface area contributed by atoms with E-state index in [1.54, 1.807) is 0 Å². The molecule has 1 N–H and O–H groups in total. The van der Waals surface area contributed by atoms with E-state index in [1.807, 2.05) is 6.92 Å². The van der Waals surface area contributed by atoms with Gasteiger partial charge in [-0.1, -0.05) is 13.3 Å². The van der Waals surface area contributed by atoms with Gasteiger partial charge < -0.3 is 5.32 Å². The van der Waals surface area contributed by atoms with Gasteiger partial charge in [-0.2, -0.15) is 0 Å². The minimum Gasteiger partial charge on any atom is -0.380 e. The van der Waals surface area contributed by atoms with Crippen molar-refractivity contribution in [1.29, 1.82) is 0 Å². The lowest BCUT2D eigenvalue weighted by Gasteiger charge is -2.14.